The Morgan fingerprint density at radius 1 is 1.19 bits per heavy atom. The first-order chi connectivity index (χ1) is 12.9. The zero-order valence-electron chi connectivity index (χ0n) is 16.6. The fraction of sp³-hybridized carbons (Fsp3) is 0.600. The fourth-order valence-corrected chi connectivity index (χ4v) is 5.14. The van der Waals surface area contributed by atoms with Gasteiger partial charge in [0.1, 0.15) is 0 Å². The Bertz CT molecular complexity index is 768. The van der Waals surface area contributed by atoms with Crippen molar-refractivity contribution < 1.29 is 8.42 Å². The molecule has 0 bridgehead atoms. The van der Waals surface area contributed by atoms with Crippen LogP contribution in [0, 0.1) is 5.92 Å². The molecule has 0 saturated carbocycles. The summed E-state index contributed by atoms with van der Waals surface area (Å²) in [5, 5.41) is 5.25. The fourth-order valence-electron chi connectivity index (χ4n) is 3.91. The highest BCUT2D eigenvalue weighted by Gasteiger charge is 2.27. The van der Waals surface area contributed by atoms with E-state index in [1.165, 1.54) is 24.8 Å². The van der Waals surface area contributed by atoms with E-state index in [0.717, 1.165) is 37.5 Å². The van der Waals surface area contributed by atoms with Crippen LogP contribution in [0.15, 0.2) is 40.6 Å². The third-order valence-electron chi connectivity index (χ3n) is 5.73. The highest BCUT2D eigenvalue weighted by Crippen LogP contribution is 2.21. The summed E-state index contributed by atoms with van der Waals surface area (Å²) in [5.41, 5.74) is 5.97. The molecule has 1 fully saturated rings. The summed E-state index contributed by atoms with van der Waals surface area (Å²) in [5.74, 6) is 0.840. The van der Waals surface area contributed by atoms with E-state index in [1.54, 1.807) is 12.1 Å². The van der Waals surface area contributed by atoms with E-state index < -0.39 is 10.0 Å². The number of rotatable bonds is 7. The molecule has 7 heteroatoms. The van der Waals surface area contributed by atoms with Crippen LogP contribution in [0.4, 0.5) is 0 Å². The minimum Gasteiger partial charge on any atom is -0.317 e. The molecule has 1 unspecified atom stereocenters. The molecule has 0 amide bonds. The molecule has 6 nitrogen and oxygen atoms in total. The van der Waals surface area contributed by atoms with Gasteiger partial charge in [0.05, 0.1) is 16.6 Å². The minimum absolute atomic E-state index is 0.0564. The monoisotopic (exact) mass is 392 g/mol. The second-order valence-corrected chi connectivity index (χ2v) is 9.43. The Morgan fingerprint density at radius 2 is 1.85 bits per heavy atom. The van der Waals surface area contributed by atoms with E-state index in [4.69, 9.17) is 0 Å². The molecule has 0 radical (unpaired) electrons. The standard InChI is InChI=1S/C20H32N4O2S/c1-15-20(16(2)24(3)22-15)23-27(25,26)19-9-7-17(8-10-19)5-4-6-18-11-13-21-14-12-18/h7-10,15,18,21-23H,4-6,11-14H2,1-3H3. The van der Waals surface area contributed by atoms with Crippen LogP contribution in [0.25, 0.3) is 0 Å². The van der Waals surface area contributed by atoms with Crippen LogP contribution >= 0.6 is 0 Å². The van der Waals surface area contributed by atoms with Gasteiger partial charge in [-0.15, -0.1) is 0 Å². The third kappa shape index (κ3) is 5.03. The second-order valence-electron chi connectivity index (χ2n) is 7.74. The lowest BCUT2D eigenvalue weighted by atomic mass is 9.92. The smallest absolute Gasteiger partial charge is 0.261 e. The Morgan fingerprint density at radius 3 is 2.44 bits per heavy atom. The first kappa shape index (κ1) is 20.2. The Kier molecular flexibility index (Phi) is 6.44. The average Bonchev–Trinajstić information content (AvgIpc) is 2.89. The van der Waals surface area contributed by atoms with Gasteiger partial charge in [0.15, 0.2) is 0 Å². The highest BCUT2D eigenvalue weighted by molar-refractivity contribution is 7.89. The summed E-state index contributed by atoms with van der Waals surface area (Å²) in [6, 6.07) is 7.27. The summed E-state index contributed by atoms with van der Waals surface area (Å²) in [7, 11) is -1.69. The molecule has 1 aromatic carbocycles. The van der Waals surface area contributed by atoms with Gasteiger partial charge in [-0.05, 0) is 76.2 Å². The molecule has 3 N–H and O–H groups in total. The van der Waals surface area contributed by atoms with Crippen LogP contribution in [0.5, 0.6) is 0 Å². The number of nitrogens with zero attached hydrogens (tertiary/aromatic N) is 1. The Labute approximate surface area is 163 Å². The molecule has 0 spiro atoms. The van der Waals surface area contributed by atoms with E-state index in [-0.39, 0.29) is 6.04 Å². The molecule has 0 aromatic heterocycles. The lowest BCUT2D eigenvalue weighted by Crippen LogP contribution is -2.35. The molecular formula is C20H32N4O2S. The molecule has 3 rings (SSSR count). The Hall–Kier alpha value is -1.57. The van der Waals surface area contributed by atoms with Crippen LogP contribution in [0.2, 0.25) is 0 Å². The summed E-state index contributed by atoms with van der Waals surface area (Å²) in [6.07, 6.45) is 5.99. The normalized spacial score (nSPS) is 21.7. The molecule has 150 valence electrons. The molecule has 1 aromatic rings. The SMILES string of the molecule is CC1=C(NS(=O)(=O)c2ccc(CCCC3CCNCC3)cc2)C(C)NN1C. The number of aryl methyl sites for hydroxylation is 1. The van der Waals surface area contributed by atoms with Crippen molar-refractivity contribution >= 4 is 10.0 Å². The number of hydrogen-bond donors (Lipinski definition) is 3. The van der Waals surface area contributed by atoms with Crippen LogP contribution in [0.1, 0.15) is 45.1 Å². The van der Waals surface area contributed by atoms with Crippen molar-refractivity contribution in [1.82, 2.24) is 20.5 Å². The first-order valence-electron chi connectivity index (χ1n) is 9.90. The number of sulfonamides is 1. The second kappa shape index (κ2) is 8.63. The van der Waals surface area contributed by atoms with E-state index in [1.807, 2.05) is 38.0 Å². The van der Waals surface area contributed by atoms with Crippen molar-refractivity contribution in [2.45, 2.75) is 56.9 Å². The van der Waals surface area contributed by atoms with Gasteiger partial charge in [0.2, 0.25) is 0 Å². The zero-order chi connectivity index (χ0) is 19.4. The van der Waals surface area contributed by atoms with Gasteiger partial charge in [-0.2, -0.15) is 0 Å². The lowest BCUT2D eigenvalue weighted by molar-refractivity contribution is 0.315. The third-order valence-corrected chi connectivity index (χ3v) is 7.11. The largest absolute Gasteiger partial charge is 0.317 e. The van der Waals surface area contributed by atoms with Crippen molar-refractivity contribution in [3.05, 3.63) is 41.2 Å². The predicted octanol–water partition coefficient (Wildman–Crippen LogP) is 2.36. The highest BCUT2D eigenvalue weighted by atomic mass is 32.2. The van der Waals surface area contributed by atoms with Crippen molar-refractivity contribution in [3.63, 3.8) is 0 Å². The molecule has 27 heavy (non-hydrogen) atoms. The number of nitrogens with one attached hydrogen (secondary N) is 3. The van der Waals surface area contributed by atoms with Gasteiger partial charge in [0, 0.05) is 12.7 Å². The Balaban J connectivity index is 1.57. The van der Waals surface area contributed by atoms with Crippen LogP contribution in [-0.2, 0) is 16.4 Å². The summed E-state index contributed by atoms with van der Waals surface area (Å²) in [4.78, 5) is 0.312. The molecule has 2 heterocycles. The molecule has 1 atom stereocenters. The van der Waals surface area contributed by atoms with Crippen molar-refractivity contribution in [2.75, 3.05) is 20.1 Å². The number of allylic oxidation sites excluding steroid dienone is 1. The number of hydrogen-bond acceptors (Lipinski definition) is 5. The van der Waals surface area contributed by atoms with E-state index >= 15 is 0 Å². The van der Waals surface area contributed by atoms with E-state index in [2.05, 4.69) is 15.5 Å². The van der Waals surface area contributed by atoms with Gasteiger partial charge in [-0.25, -0.2) is 13.8 Å². The molecule has 1 saturated heterocycles. The average molecular weight is 393 g/mol. The topological polar surface area (TPSA) is 73.5 Å². The van der Waals surface area contributed by atoms with Crippen LogP contribution in [-0.4, -0.2) is 39.6 Å². The van der Waals surface area contributed by atoms with Gasteiger partial charge >= 0.3 is 0 Å². The zero-order valence-corrected chi connectivity index (χ0v) is 17.4. The number of piperidine rings is 1. The van der Waals surface area contributed by atoms with Crippen LogP contribution in [0.3, 0.4) is 0 Å². The summed E-state index contributed by atoms with van der Waals surface area (Å²) in [6.45, 7) is 6.13. The van der Waals surface area contributed by atoms with E-state index in [0.29, 0.717) is 10.6 Å². The van der Waals surface area contributed by atoms with Crippen molar-refractivity contribution in [1.29, 1.82) is 0 Å². The van der Waals surface area contributed by atoms with Crippen molar-refractivity contribution in [3.8, 4) is 0 Å². The predicted molar refractivity (Wildman–Crippen MR) is 108 cm³/mol. The molecular weight excluding hydrogens is 360 g/mol. The van der Waals surface area contributed by atoms with Gasteiger partial charge in [-0.1, -0.05) is 18.6 Å². The minimum atomic E-state index is -3.57. The summed E-state index contributed by atoms with van der Waals surface area (Å²) < 4.78 is 28.2. The van der Waals surface area contributed by atoms with Gasteiger partial charge in [0.25, 0.3) is 10.0 Å². The summed E-state index contributed by atoms with van der Waals surface area (Å²) >= 11 is 0. The van der Waals surface area contributed by atoms with Crippen molar-refractivity contribution in [2.24, 2.45) is 5.92 Å². The maximum Gasteiger partial charge on any atom is 0.261 e. The maximum atomic E-state index is 12.7. The molecule has 0 aliphatic carbocycles. The first-order valence-corrected chi connectivity index (χ1v) is 11.4. The number of hydrazine groups is 1. The molecule has 2 aliphatic heterocycles. The van der Waals surface area contributed by atoms with Gasteiger partial charge < -0.3 is 10.3 Å². The maximum absolute atomic E-state index is 12.7. The lowest BCUT2D eigenvalue weighted by Gasteiger charge is -2.22. The van der Waals surface area contributed by atoms with Crippen LogP contribution < -0.4 is 15.5 Å². The number of benzene rings is 1. The van der Waals surface area contributed by atoms with E-state index in [9.17, 15) is 8.42 Å². The quantitative estimate of drug-likeness (QED) is 0.664. The molecule has 2 aliphatic rings. The van der Waals surface area contributed by atoms with Gasteiger partial charge in [-0.3, -0.25) is 4.72 Å².